The molecule has 0 aromatic rings. The van der Waals surface area contributed by atoms with Gasteiger partial charge in [0.2, 0.25) is 17.7 Å². The predicted molar refractivity (Wildman–Crippen MR) is 90.8 cm³/mol. The molecule has 1 saturated heterocycles. The summed E-state index contributed by atoms with van der Waals surface area (Å²) >= 11 is 0. The van der Waals surface area contributed by atoms with Gasteiger partial charge < -0.3 is 5.32 Å². The molecule has 5 heteroatoms. The summed E-state index contributed by atoms with van der Waals surface area (Å²) in [7, 11) is 0. The highest BCUT2D eigenvalue weighted by molar-refractivity contribution is 6.08. The molecule has 0 aromatic heterocycles. The molecule has 1 aliphatic heterocycles. The molecule has 1 heterocycles. The van der Waals surface area contributed by atoms with E-state index in [-0.39, 0.29) is 41.5 Å². The average Bonchev–Trinajstić information content (AvgIpc) is 3.14. The van der Waals surface area contributed by atoms with Crippen LogP contribution < -0.4 is 5.32 Å². The average molecular weight is 332 g/mol. The minimum absolute atomic E-state index is 0.149. The molecule has 0 aromatic carbocycles. The molecule has 0 spiro atoms. The van der Waals surface area contributed by atoms with Crippen molar-refractivity contribution in [2.45, 2.75) is 70.9 Å². The van der Waals surface area contributed by atoms with E-state index in [1.807, 2.05) is 26.0 Å². The number of hydrogen-bond acceptors (Lipinski definition) is 3. The number of imide groups is 1. The van der Waals surface area contributed by atoms with Crippen molar-refractivity contribution in [3.05, 3.63) is 12.2 Å². The fourth-order valence-corrected chi connectivity index (χ4v) is 4.28. The first-order valence-electron chi connectivity index (χ1n) is 9.31. The summed E-state index contributed by atoms with van der Waals surface area (Å²) in [6.45, 7) is 4.05. The lowest BCUT2D eigenvalue weighted by Gasteiger charge is -2.28. The second kappa shape index (κ2) is 7.08. The van der Waals surface area contributed by atoms with Crippen LogP contribution in [0.1, 0.15) is 58.8 Å². The highest BCUT2D eigenvalue weighted by Crippen LogP contribution is 2.37. The van der Waals surface area contributed by atoms with Gasteiger partial charge in [-0.1, -0.05) is 38.8 Å². The van der Waals surface area contributed by atoms with E-state index in [2.05, 4.69) is 5.32 Å². The first kappa shape index (κ1) is 17.2. The first-order valence-corrected chi connectivity index (χ1v) is 9.31. The van der Waals surface area contributed by atoms with Crippen molar-refractivity contribution in [3.63, 3.8) is 0 Å². The summed E-state index contributed by atoms with van der Waals surface area (Å²) < 4.78 is 0. The maximum absolute atomic E-state index is 12.8. The molecule has 1 N–H and O–H groups in total. The molecule has 0 bridgehead atoms. The van der Waals surface area contributed by atoms with Gasteiger partial charge in [0.1, 0.15) is 6.04 Å². The van der Waals surface area contributed by atoms with E-state index in [9.17, 15) is 14.4 Å². The minimum atomic E-state index is -0.656. The molecular weight excluding hydrogens is 304 g/mol. The number of nitrogens with one attached hydrogen (secondary N) is 1. The van der Waals surface area contributed by atoms with Gasteiger partial charge in [0, 0.05) is 6.04 Å². The molecule has 24 heavy (non-hydrogen) atoms. The van der Waals surface area contributed by atoms with Crippen molar-refractivity contribution in [3.8, 4) is 0 Å². The summed E-state index contributed by atoms with van der Waals surface area (Å²) in [6.07, 6.45) is 9.98. The second-order valence-corrected chi connectivity index (χ2v) is 7.84. The molecule has 2 fully saturated rings. The fourth-order valence-electron chi connectivity index (χ4n) is 4.28. The van der Waals surface area contributed by atoms with Crippen LogP contribution in [0.4, 0.5) is 0 Å². The molecule has 0 unspecified atom stereocenters. The monoisotopic (exact) mass is 332 g/mol. The van der Waals surface area contributed by atoms with Crippen LogP contribution in [-0.4, -0.2) is 34.7 Å². The van der Waals surface area contributed by atoms with Crippen LogP contribution in [0, 0.1) is 17.8 Å². The summed E-state index contributed by atoms with van der Waals surface area (Å²) in [5.74, 6) is -0.745. The van der Waals surface area contributed by atoms with E-state index in [1.165, 1.54) is 4.90 Å². The standard InChI is InChI=1S/C19H28N2O3/c1-12(2)11-16(17(22)20-13-7-3-4-8-13)21-18(23)14-9-5-6-10-15(14)19(21)24/h5-6,12-16H,3-4,7-11H2,1-2H3,(H,20,22)/t14-,15+,16-/m1/s1. The molecule has 1 saturated carbocycles. The van der Waals surface area contributed by atoms with Crippen molar-refractivity contribution in [2.75, 3.05) is 0 Å². The molecular formula is C19H28N2O3. The highest BCUT2D eigenvalue weighted by atomic mass is 16.2. The Morgan fingerprint density at radius 2 is 1.67 bits per heavy atom. The molecule has 3 rings (SSSR count). The van der Waals surface area contributed by atoms with Gasteiger partial charge in [-0.2, -0.15) is 0 Å². The summed E-state index contributed by atoms with van der Waals surface area (Å²) in [5.41, 5.74) is 0. The number of amides is 3. The van der Waals surface area contributed by atoms with Crippen molar-refractivity contribution >= 4 is 17.7 Å². The summed E-state index contributed by atoms with van der Waals surface area (Å²) in [5, 5.41) is 3.08. The third kappa shape index (κ3) is 3.26. The van der Waals surface area contributed by atoms with Crippen molar-refractivity contribution < 1.29 is 14.4 Å². The zero-order valence-corrected chi connectivity index (χ0v) is 14.7. The number of carbonyl (C=O) groups is 3. The van der Waals surface area contributed by atoms with Crippen molar-refractivity contribution in [2.24, 2.45) is 17.8 Å². The molecule has 3 amide bonds. The van der Waals surface area contributed by atoms with Gasteiger partial charge in [-0.3, -0.25) is 19.3 Å². The van der Waals surface area contributed by atoms with E-state index >= 15 is 0 Å². The van der Waals surface area contributed by atoms with E-state index in [0.29, 0.717) is 19.3 Å². The van der Waals surface area contributed by atoms with Crippen LogP contribution in [0.15, 0.2) is 12.2 Å². The number of rotatable bonds is 5. The van der Waals surface area contributed by atoms with E-state index in [0.717, 1.165) is 25.7 Å². The maximum Gasteiger partial charge on any atom is 0.243 e. The van der Waals surface area contributed by atoms with Crippen LogP contribution >= 0.6 is 0 Å². The fraction of sp³-hybridized carbons (Fsp3) is 0.737. The smallest absolute Gasteiger partial charge is 0.243 e. The van der Waals surface area contributed by atoms with Crippen LogP contribution in [-0.2, 0) is 14.4 Å². The lowest BCUT2D eigenvalue weighted by Crippen LogP contribution is -2.52. The van der Waals surface area contributed by atoms with Crippen LogP contribution in [0.3, 0.4) is 0 Å². The molecule has 2 aliphatic carbocycles. The number of fused-ring (bicyclic) bond motifs is 1. The number of likely N-dealkylation sites (tertiary alicyclic amines) is 1. The number of hydrogen-bond donors (Lipinski definition) is 1. The number of nitrogens with zero attached hydrogens (tertiary/aromatic N) is 1. The Balaban J connectivity index is 1.78. The van der Waals surface area contributed by atoms with E-state index in [4.69, 9.17) is 0 Å². The summed E-state index contributed by atoms with van der Waals surface area (Å²) in [4.78, 5) is 39.8. The minimum Gasteiger partial charge on any atom is -0.352 e. The Hall–Kier alpha value is -1.65. The Morgan fingerprint density at radius 3 is 2.17 bits per heavy atom. The second-order valence-electron chi connectivity index (χ2n) is 7.84. The maximum atomic E-state index is 12.8. The Morgan fingerprint density at radius 1 is 1.12 bits per heavy atom. The van der Waals surface area contributed by atoms with Gasteiger partial charge in [0.15, 0.2) is 0 Å². The summed E-state index contributed by atoms with van der Waals surface area (Å²) in [6, 6.07) is -0.458. The quantitative estimate of drug-likeness (QED) is 0.621. The molecule has 5 nitrogen and oxygen atoms in total. The third-order valence-corrected chi connectivity index (χ3v) is 5.55. The lowest BCUT2D eigenvalue weighted by molar-refractivity contribution is -0.148. The Labute approximate surface area is 143 Å². The Bertz CT molecular complexity index is 523. The lowest BCUT2D eigenvalue weighted by atomic mass is 9.85. The molecule has 0 radical (unpaired) electrons. The van der Waals surface area contributed by atoms with Crippen molar-refractivity contribution in [1.29, 1.82) is 0 Å². The highest BCUT2D eigenvalue weighted by Gasteiger charge is 2.51. The van der Waals surface area contributed by atoms with Crippen LogP contribution in [0.2, 0.25) is 0 Å². The largest absolute Gasteiger partial charge is 0.352 e. The third-order valence-electron chi connectivity index (χ3n) is 5.55. The van der Waals surface area contributed by atoms with Crippen molar-refractivity contribution in [1.82, 2.24) is 10.2 Å². The van der Waals surface area contributed by atoms with Gasteiger partial charge in [-0.15, -0.1) is 0 Å². The predicted octanol–water partition coefficient (Wildman–Crippen LogP) is 2.41. The molecule has 3 atom stereocenters. The van der Waals surface area contributed by atoms with Gasteiger partial charge in [-0.05, 0) is 38.0 Å². The van der Waals surface area contributed by atoms with Crippen LogP contribution in [0.25, 0.3) is 0 Å². The van der Waals surface area contributed by atoms with Gasteiger partial charge in [0.05, 0.1) is 11.8 Å². The van der Waals surface area contributed by atoms with Gasteiger partial charge in [0.25, 0.3) is 0 Å². The van der Waals surface area contributed by atoms with E-state index < -0.39 is 6.04 Å². The first-order chi connectivity index (χ1) is 11.5. The Kier molecular flexibility index (Phi) is 5.07. The number of carbonyl (C=O) groups excluding carboxylic acids is 3. The van der Waals surface area contributed by atoms with Gasteiger partial charge in [-0.25, -0.2) is 0 Å². The normalized spacial score (nSPS) is 28.5. The molecule has 132 valence electrons. The van der Waals surface area contributed by atoms with Crippen LogP contribution in [0.5, 0.6) is 0 Å². The molecule has 3 aliphatic rings. The zero-order chi connectivity index (χ0) is 17.3. The topological polar surface area (TPSA) is 66.5 Å². The number of allylic oxidation sites excluding steroid dienone is 2. The SMILES string of the molecule is CC(C)C[C@H](C(=O)NC1CCCC1)N1C(=O)[C@H]2CC=CC[C@H]2C1=O. The van der Waals surface area contributed by atoms with Gasteiger partial charge >= 0.3 is 0 Å². The van der Waals surface area contributed by atoms with E-state index in [1.54, 1.807) is 0 Å². The zero-order valence-electron chi connectivity index (χ0n) is 14.7.